The Morgan fingerprint density at radius 1 is 0.811 bits per heavy atom. The first-order valence-electron chi connectivity index (χ1n) is 14.4. The van der Waals surface area contributed by atoms with E-state index in [0.717, 1.165) is 25.7 Å². The van der Waals surface area contributed by atoms with Crippen molar-refractivity contribution in [2.45, 2.75) is 129 Å². The van der Waals surface area contributed by atoms with E-state index >= 15 is 0 Å². The lowest BCUT2D eigenvalue weighted by Crippen LogP contribution is -2.56. The summed E-state index contributed by atoms with van der Waals surface area (Å²) < 4.78 is 40.1. The second kappa shape index (κ2) is 7.20. The van der Waals surface area contributed by atoms with Crippen molar-refractivity contribution < 1.29 is 33.2 Å². The van der Waals surface area contributed by atoms with Crippen LogP contribution in [0.1, 0.15) is 87.0 Å². The van der Waals surface area contributed by atoms with Crippen LogP contribution in [-0.2, 0) is 33.2 Å². The van der Waals surface area contributed by atoms with E-state index in [-0.39, 0.29) is 40.5 Å². The molecule has 7 rings (SSSR count). The van der Waals surface area contributed by atoms with Crippen molar-refractivity contribution in [2.24, 2.45) is 33.5 Å². The number of hydrogen-bond acceptors (Lipinski definition) is 7. The topological polar surface area (TPSA) is 72.5 Å². The molecule has 4 bridgehead atoms. The lowest BCUT2D eigenvalue weighted by atomic mass is 9.68. The van der Waals surface area contributed by atoms with Gasteiger partial charge in [0, 0.05) is 29.2 Å². The van der Waals surface area contributed by atoms with Gasteiger partial charge in [-0.15, -0.1) is 0 Å². The molecule has 11 atom stereocenters. The summed E-state index contributed by atoms with van der Waals surface area (Å²) in [5.74, 6) is -0.712. The fourth-order valence-corrected chi connectivity index (χ4v) is 9.77. The molecule has 7 heteroatoms. The van der Waals surface area contributed by atoms with E-state index in [0.29, 0.717) is 17.4 Å². The molecule has 0 radical (unpaired) electrons. The number of carbonyl (C=O) groups excluding carboxylic acids is 1. The summed E-state index contributed by atoms with van der Waals surface area (Å²) in [7, 11) is 0. The van der Waals surface area contributed by atoms with Crippen LogP contribution in [-0.4, -0.2) is 54.9 Å². The highest BCUT2D eigenvalue weighted by Gasteiger charge is 2.79. The van der Waals surface area contributed by atoms with Gasteiger partial charge < -0.3 is 28.4 Å². The Bertz CT molecular complexity index is 1050. The zero-order valence-electron chi connectivity index (χ0n) is 23.6. The summed E-state index contributed by atoms with van der Waals surface area (Å²) in [6.45, 7) is 19.6. The standard InChI is InChI=1S/C30H44O7/c1-16(2)23(31)32-15-19-20-21(35-29(34-20)13-17-9-11-27(29,7)25(17,3)4)22-24(33-19)37-30(36-22)14-18-10-12-28(30,8)26(18,5)6/h17-22,24H,1,9-15H2,2-8H3/t17?,18?,19-,20-,21+,22+,24+,27?,28?,29?,30?/m1/s1. The van der Waals surface area contributed by atoms with Crippen LogP contribution in [0, 0.1) is 33.5 Å². The maximum absolute atomic E-state index is 12.3. The maximum atomic E-state index is 12.3. The third-order valence-corrected chi connectivity index (χ3v) is 13.2. The minimum absolute atomic E-state index is 0.0702. The van der Waals surface area contributed by atoms with Gasteiger partial charge in [0.25, 0.3) is 0 Å². The summed E-state index contributed by atoms with van der Waals surface area (Å²) in [5, 5.41) is 0. The van der Waals surface area contributed by atoms with Crippen LogP contribution in [0.15, 0.2) is 12.2 Å². The average molecular weight is 517 g/mol. The number of esters is 1. The monoisotopic (exact) mass is 516 g/mol. The predicted molar refractivity (Wildman–Crippen MR) is 134 cm³/mol. The van der Waals surface area contributed by atoms with Crippen LogP contribution in [0.5, 0.6) is 0 Å². The number of rotatable bonds is 3. The molecule has 7 fully saturated rings. The SMILES string of the molecule is C=C(C)C(=O)OC[C@H]1O[C@H]2OC3(CC4CCC3(C)C4(C)C)O[C@H]2[C@H]2OC3(CC4CCC3(C)C4(C)C)O[C@@H]21. The van der Waals surface area contributed by atoms with Gasteiger partial charge in [-0.2, -0.15) is 0 Å². The number of ether oxygens (including phenoxy) is 6. The fourth-order valence-electron chi connectivity index (χ4n) is 9.77. The molecule has 4 saturated carbocycles. The zero-order chi connectivity index (χ0) is 26.4. The van der Waals surface area contributed by atoms with Crippen LogP contribution in [0.3, 0.4) is 0 Å². The molecule has 0 N–H and O–H groups in total. The van der Waals surface area contributed by atoms with E-state index in [4.69, 9.17) is 28.4 Å². The van der Waals surface area contributed by atoms with Crippen molar-refractivity contribution in [3.8, 4) is 0 Å². The van der Waals surface area contributed by atoms with Crippen LogP contribution in [0.4, 0.5) is 0 Å². The van der Waals surface area contributed by atoms with Gasteiger partial charge >= 0.3 is 5.97 Å². The summed E-state index contributed by atoms with van der Waals surface area (Å²) in [4.78, 5) is 12.3. The van der Waals surface area contributed by atoms with Gasteiger partial charge in [0.1, 0.15) is 31.0 Å². The third kappa shape index (κ3) is 2.74. The Morgan fingerprint density at radius 2 is 1.32 bits per heavy atom. The second-order valence-corrected chi connectivity index (χ2v) is 14.8. The first-order valence-corrected chi connectivity index (χ1v) is 14.4. The minimum atomic E-state index is -0.695. The van der Waals surface area contributed by atoms with Crippen molar-refractivity contribution in [1.29, 1.82) is 0 Å². The van der Waals surface area contributed by atoms with Crippen molar-refractivity contribution in [3.63, 3.8) is 0 Å². The van der Waals surface area contributed by atoms with Gasteiger partial charge in [-0.3, -0.25) is 0 Å². The lowest BCUT2D eigenvalue weighted by molar-refractivity contribution is -0.288. The molecule has 7 nitrogen and oxygen atoms in total. The molecule has 3 heterocycles. The minimum Gasteiger partial charge on any atom is -0.459 e. The fraction of sp³-hybridized carbons (Fsp3) is 0.900. The van der Waals surface area contributed by atoms with Crippen LogP contribution >= 0.6 is 0 Å². The van der Waals surface area contributed by atoms with Crippen molar-refractivity contribution in [1.82, 2.24) is 0 Å². The van der Waals surface area contributed by atoms with Crippen LogP contribution in [0.25, 0.3) is 0 Å². The van der Waals surface area contributed by atoms with E-state index in [9.17, 15) is 4.79 Å². The number of fused-ring (bicyclic) bond motifs is 9. The van der Waals surface area contributed by atoms with Gasteiger partial charge in [0.2, 0.25) is 0 Å². The molecule has 0 aromatic rings. The molecule has 206 valence electrons. The Hall–Kier alpha value is -0.990. The Kier molecular flexibility index (Phi) is 4.86. The quantitative estimate of drug-likeness (QED) is 0.381. The summed E-state index contributed by atoms with van der Waals surface area (Å²) >= 11 is 0. The molecular weight excluding hydrogens is 472 g/mol. The molecular formula is C30H44O7. The molecule has 6 unspecified atom stereocenters. The maximum Gasteiger partial charge on any atom is 0.333 e. The third-order valence-electron chi connectivity index (χ3n) is 13.2. The predicted octanol–water partition coefficient (Wildman–Crippen LogP) is 5.12. The second-order valence-electron chi connectivity index (χ2n) is 14.8. The van der Waals surface area contributed by atoms with Gasteiger partial charge in [0.15, 0.2) is 17.9 Å². The van der Waals surface area contributed by atoms with Crippen molar-refractivity contribution in [2.75, 3.05) is 6.61 Å². The average Bonchev–Trinajstić information content (AvgIpc) is 3.56. The molecule has 4 aliphatic carbocycles. The molecule has 37 heavy (non-hydrogen) atoms. The molecule has 3 saturated heterocycles. The summed E-state index contributed by atoms with van der Waals surface area (Å²) in [6, 6.07) is 0. The highest BCUT2D eigenvalue weighted by atomic mass is 16.9. The van der Waals surface area contributed by atoms with E-state index in [1.165, 1.54) is 12.8 Å². The first-order chi connectivity index (χ1) is 17.2. The molecule has 0 aromatic carbocycles. The first kappa shape index (κ1) is 25.0. The van der Waals surface area contributed by atoms with E-state index in [2.05, 4.69) is 48.1 Å². The van der Waals surface area contributed by atoms with Gasteiger partial charge in [-0.05, 0) is 55.3 Å². The molecule has 2 spiro atoms. The molecule has 0 amide bonds. The largest absolute Gasteiger partial charge is 0.459 e. The van der Waals surface area contributed by atoms with Gasteiger partial charge in [-0.25, -0.2) is 4.79 Å². The van der Waals surface area contributed by atoms with Crippen molar-refractivity contribution >= 4 is 5.97 Å². The number of carbonyl (C=O) groups is 1. The lowest BCUT2D eigenvalue weighted by Gasteiger charge is -2.45. The van der Waals surface area contributed by atoms with E-state index < -0.39 is 36.0 Å². The smallest absolute Gasteiger partial charge is 0.333 e. The van der Waals surface area contributed by atoms with Crippen LogP contribution in [0.2, 0.25) is 0 Å². The highest BCUT2D eigenvalue weighted by Crippen LogP contribution is 2.75. The summed E-state index contributed by atoms with van der Waals surface area (Å²) in [6.07, 6.45) is 4.10. The van der Waals surface area contributed by atoms with Crippen molar-refractivity contribution in [3.05, 3.63) is 12.2 Å². The Balaban J connectivity index is 1.23. The van der Waals surface area contributed by atoms with E-state index in [1.807, 2.05) is 0 Å². The molecule has 3 aliphatic heterocycles. The van der Waals surface area contributed by atoms with E-state index in [1.54, 1.807) is 6.92 Å². The molecule has 0 aromatic heterocycles. The van der Waals surface area contributed by atoms with Gasteiger partial charge in [0.05, 0.1) is 0 Å². The normalized spacial score (nSPS) is 55.7. The summed E-state index contributed by atoms with van der Waals surface area (Å²) in [5.41, 5.74) is 0.365. The Morgan fingerprint density at radius 3 is 1.81 bits per heavy atom. The Labute approximate surface area is 220 Å². The number of hydrogen-bond donors (Lipinski definition) is 0. The van der Waals surface area contributed by atoms with Crippen LogP contribution < -0.4 is 0 Å². The highest BCUT2D eigenvalue weighted by molar-refractivity contribution is 5.86. The van der Waals surface area contributed by atoms with Gasteiger partial charge in [-0.1, -0.05) is 48.1 Å². The zero-order valence-corrected chi connectivity index (χ0v) is 23.6. The molecule has 7 aliphatic rings.